The summed E-state index contributed by atoms with van der Waals surface area (Å²) in [5.74, 6) is 0.452. The van der Waals surface area contributed by atoms with Crippen LogP contribution in [-0.2, 0) is 4.79 Å². The maximum atomic E-state index is 12.1. The van der Waals surface area contributed by atoms with E-state index >= 15 is 0 Å². The Labute approximate surface area is 155 Å². The fourth-order valence-corrected chi connectivity index (χ4v) is 2.55. The van der Waals surface area contributed by atoms with Crippen molar-refractivity contribution in [3.8, 4) is 17.2 Å². The van der Waals surface area contributed by atoms with Gasteiger partial charge in [-0.2, -0.15) is 0 Å². The summed E-state index contributed by atoms with van der Waals surface area (Å²) in [6, 6.07) is 9.50. The van der Waals surface area contributed by atoms with Crippen LogP contribution in [0, 0.1) is 0 Å². The monoisotopic (exact) mass is 376 g/mol. The Balaban J connectivity index is 1.64. The second-order valence-corrected chi connectivity index (χ2v) is 5.97. The molecule has 0 bridgehead atoms. The van der Waals surface area contributed by atoms with Crippen LogP contribution in [-0.4, -0.2) is 31.6 Å². The van der Waals surface area contributed by atoms with E-state index in [9.17, 15) is 9.59 Å². The van der Waals surface area contributed by atoms with E-state index in [-0.39, 0.29) is 6.61 Å². The first-order valence-corrected chi connectivity index (χ1v) is 8.32. The highest BCUT2D eigenvalue weighted by Crippen LogP contribution is 2.37. The number of carbonyl (C=O) groups is 2. The summed E-state index contributed by atoms with van der Waals surface area (Å²) in [5, 5.41) is 3.00. The molecule has 2 amide bonds. The number of rotatable bonds is 5. The molecule has 1 heterocycles. The molecule has 8 heteroatoms. The van der Waals surface area contributed by atoms with Crippen molar-refractivity contribution in [2.75, 3.05) is 25.1 Å². The Hall–Kier alpha value is -2.93. The van der Waals surface area contributed by atoms with Crippen molar-refractivity contribution in [1.82, 2.24) is 0 Å². The molecule has 0 radical (unpaired) electrons. The highest BCUT2D eigenvalue weighted by atomic mass is 35.5. The van der Waals surface area contributed by atoms with Gasteiger partial charge in [-0.1, -0.05) is 17.7 Å². The SMILES string of the molecule is NC(=O)c1cccc(OCC(=O)Nc2cc3c(cc2Cl)OCCCO3)c1. The van der Waals surface area contributed by atoms with E-state index in [2.05, 4.69) is 5.32 Å². The number of anilines is 1. The van der Waals surface area contributed by atoms with E-state index in [1.54, 1.807) is 30.3 Å². The van der Waals surface area contributed by atoms with Gasteiger partial charge in [-0.3, -0.25) is 9.59 Å². The molecule has 0 saturated carbocycles. The molecular formula is C18H17ClN2O5. The van der Waals surface area contributed by atoms with Crippen LogP contribution < -0.4 is 25.3 Å². The summed E-state index contributed by atoms with van der Waals surface area (Å²) >= 11 is 6.19. The van der Waals surface area contributed by atoms with Gasteiger partial charge in [-0.25, -0.2) is 0 Å². The van der Waals surface area contributed by atoms with Crippen LogP contribution in [0.15, 0.2) is 36.4 Å². The zero-order chi connectivity index (χ0) is 18.5. The van der Waals surface area contributed by atoms with Gasteiger partial charge in [0.2, 0.25) is 5.91 Å². The van der Waals surface area contributed by atoms with Gasteiger partial charge in [0.15, 0.2) is 18.1 Å². The van der Waals surface area contributed by atoms with E-state index < -0.39 is 11.8 Å². The average molecular weight is 377 g/mol. The lowest BCUT2D eigenvalue weighted by Gasteiger charge is -2.13. The summed E-state index contributed by atoms with van der Waals surface area (Å²) < 4.78 is 16.5. The van der Waals surface area contributed by atoms with Gasteiger partial charge in [0.05, 0.1) is 23.9 Å². The van der Waals surface area contributed by atoms with Gasteiger partial charge in [0.1, 0.15) is 5.75 Å². The predicted molar refractivity (Wildman–Crippen MR) is 96.1 cm³/mol. The second kappa shape index (κ2) is 7.97. The zero-order valence-corrected chi connectivity index (χ0v) is 14.5. The Bertz CT molecular complexity index is 840. The van der Waals surface area contributed by atoms with Crippen molar-refractivity contribution in [3.05, 3.63) is 47.0 Å². The van der Waals surface area contributed by atoms with Crippen LogP contribution in [0.4, 0.5) is 5.69 Å². The van der Waals surface area contributed by atoms with E-state index in [1.807, 2.05) is 0 Å². The minimum atomic E-state index is -0.570. The number of fused-ring (bicyclic) bond motifs is 1. The van der Waals surface area contributed by atoms with E-state index in [0.717, 1.165) is 6.42 Å². The number of primary amides is 1. The van der Waals surface area contributed by atoms with Crippen molar-refractivity contribution in [2.24, 2.45) is 5.73 Å². The summed E-state index contributed by atoms with van der Waals surface area (Å²) in [6.07, 6.45) is 0.770. The largest absolute Gasteiger partial charge is 0.490 e. The fourth-order valence-electron chi connectivity index (χ4n) is 2.35. The standard InChI is InChI=1S/C18H17ClN2O5/c19-13-8-15-16(25-6-2-5-24-15)9-14(13)21-17(22)10-26-12-4-1-3-11(7-12)18(20)23/h1,3-4,7-9H,2,5-6,10H2,(H2,20,23)(H,21,22). The fraction of sp³-hybridized carbons (Fsp3) is 0.222. The summed E-state index contributed by atoms with van der Waals surface area (Å²) in [7, 11) is 0. The van der Waals surface area contributed by atoms with Crippen molar-refractivity contribution >= 4 is 29.1 Å². The molecular weight excluding hydrogens is 360 g/mol. The lowest BCUT2D eigenvalue weighted by molar-refractivity contribution is -0.118. The molecule has 26 heavy (non-hydrogen) atoms. The van der Waals surface area contributed by atoms with Crippen LogP contribution in [0.25, 0.3) is 0 Å². The molecule has 0 spiro atoms. The van der Waals surface area contributed by atoms with E-state index in [4.69, 9.17) is 31.5 Å². The molecule has 0 atom stereocenters. The molecule has 0 unspecified atom stereocenters. The highest BCUT2D eigenvalue weighted by Gasteiger charge is 2.16. The van der Waals surface area contributed by atoms with Gasteiger partial charge in [-0.15, -0.1) is 0 Å². The number of hydrogen-bond acceptors (Lipinski definition) is 5. The third-order valence-corrected chi connectivity index (χ3v) is 3.91. The van der Waals surface area contributed by atoms with Gasteiger partial charge in [-0.05, 0) is 18.2 Å². The minimum absolute atomic E-state index is 0.257. The molecule has 2 aromatic rings. The predicted octanol–water partition coefficient (Wildman–Crippen LogP) is 2.62. The third kappa shape index (κ3) is 4.37. The highest BCUT2D eigenvalue weighted by molar-refractivity contribution is 6.34. The van der Waals surface area contributed by atoms with Crippen LogP contribution in [0.2, 0.25) is 5.02 Å². The van der Waals surface area contributed by atoms with Crippen molar-refractivity contribution < 1.29 is 23.8 Å². The summed E-state index contributed by atoms with van der Waals surface area (Å²) in [6.45, 7) is 0.821. The maximum absolute atomic E-state index is 12.1. The molecule has 1 aliphatic rings. The lowest BCUT2D eigenvalue weighted by atomic mass is 10.2. The first-order valence-electron chi connectivity index (χ1n) is 7.94. The average Bonchev–Trinajstić information content (AvgIpc) is 2.85. The van der Waals surface area contributed by atoms with E-state index in [0.29, 0.717) is 46.7 Å². The number of ether oxygens (including phenoxy) is 3. The molecule has 0 aromatic heterocycles. The van der Waals surface area contributed by atoms with Crippen molar-refractivity contribution in [2.45, 2.75) is 6.42 Å². The molecule has 0 fully saturated rings. The quantitative estimate of drug-likeness (QED) is 0.835. The van der Waals surface area contributed by atoms with Crippen LogP contribution in [0.3, 0.4) is 0 Å². The lowest BCUT2D eigenvalue weighted by Crippen LogP contribution is -2.20. The van der Waals surface area contributed by atoms with Crippen LogP contribution >= 0.6 is 11.6 Å². The summed E-state index contributed by atoms with van der Waals surface area (Å²) in [5.41, 5.74) is 5.91. The molecule has 1 aliphatic heterocycles. The van der Waals surface area contributed by atoms with E-state index in [1.165, 1.54) is 6.07 Å². The first kappa shape index (κ1) is 17.9. The molecule has 0 aliphatic carbocycles. The molecule has 3 rings (SSSR count). The zero-order valence-electron chi connectivity index (χ0n) is 13.8. The number of amides is 2. The number of nitrogens with one attached hydrogen (secondary N) is 1. The number of hydrogen-bond donors (Lipinski definition) is 2. The Morgan fingerprint density at radius 2 is 1.88 bits per heavy atom. The van der Waals surface area contributed by atoms with Crippen molar-refractivity contribution in [1.29, 1.82) is 0 Å². The van der Waals surface area contributed by atoms with Crippen molar-refractivity contribution in [3.63, 3.8) is 0 Å². The van der Waals surface area contributed by atoms with Crippen LogP contribution in [0.5, 0.6) is 17.2 Å². The molecule has 0 saturated heterocycles. The Morgan fingerprint density at radius 3 is 2.62 bits per heavy atom. The topological polar surface area (TPSA) is 99.9 Å². The third-order valence-electron chi connectivity index (χ3n) is 3.60. The van der Waals surface area contributed by atoms with Gasteiger partial charge < -0.3 is 25.3 Å². The number of nitrogens with two attached hydrogens (primary N) is 1. The van der Waals surface area contributed by atoms with Gasteiger partial charge in [0.25, 0.3) is 5.91 Å². The smallest absolute Gasteiger partial charge is 0.262 e. The Kier molecular flexibility index (Phi) is 5.48. The molecule has 2 aromatic carbocycles. The van der Waals surface area contributed by atoms with Gasteiger partial charge >= 0.3 is 0 Å². The number of carbonyl (C=O) groups excluding carboxylic acids is 2. The van der Waals surface area contributed by atoms with Gasteiger partial charge in [0, 0.05) is 24.1 Å². The minimum Gasteiger partial charge on any atom is -0.490 e. The molecule has 7 nitrogen and oxygen atoms in total. The molecule has 136 valence electrons. The second-order valence-electron chi connectivity index (χ2n) is 5.56. The number of benzene rings is 2. The normalized spacial score (nSPS) is 12.8. The molecule has 3 N–H and O–H groups in total. The van der Waals surface area contributed by atoms with Crippen LogP contribution in [0.1, 0.15) is 16.8 Å². The first-order chi connectivity index (χ1) is 12.5. The number of halogens is 1. The Morgan fingerprint density at radius 1 is 1.15 bits per heavy atom. The maximum Gasteiger partial charge on any atom is 0.262 e. The summed E-state index contributed by atoms with van der Waals surface area (Å²) in [4.78, 5) is 23.3.